The lowest BCUT2D eigenvalue weighted by Gasteiger charge is -2.05. The fourth-order valence-electron chi connectivity index (χ4n) is 1.29. The maximum Gasteiger partial charge on any atom is 0.236 e. The zero-order valence-corrected chi connectivity index (χ0v) is 11.4. The van der Waals surface area contributed by atoms with E-state index in [1.807, 2.05) is 30.5 Å². The zero-order chi connectivity index (χ0) is 12.8. The minimum absolute atomic E-state index is 0.0613. The molecule has 2 aromatic rings. The van der Waals surface area contributed by atoms with Gasteiger partial charge in [0.05, 0.1) is 18.1 Å². The maximum atomic E-state index is 11.7. The van der Waals surface area contributed by atoms with Crippen molar-refractivity contribution in [2.24, 2.45) is 0 Å². The molecule has 0 saturated heterocycles. The Hall–Kier alpha value is -1.47. The van der Waals surface area contributed by atoms with Crippen molar-refractivity contribution in [3.63, 3.8) is 0 Å². The molecule has 0 aliphatic rings. The number of benzene rings is 1. The Morgan fingerprint density at radius 3 is 3.11 bits per heavy atom. The van der Waals surface area contributed by atoms with Crippen molar-refractivity contribution >= 4 is 35.3 Å². The number of hydrogen-bond acceptors (Lipinski definition) is 5. The highest BCUT2D eigenvalue weighted by Crippen LogP contribution is 2.19. The Labute approximate surface area is 113 Å². The normalized spacial score (nSPS) is 10.3. The van der Waals surface area contributed by atoms with E-state index in [0.29, 0.717) is 5.75 Å². The van der Waals surface area contributed by atoms with Gasteiger partial charge in [-0.3, -0.25) is 4.79 Å². The van der Waals surface area contributed by atoms with Crippen molar-refractivity contribution in [3.05, 3.63) is 36.7 Å². The Kier molecular flexibility index (Phi) is 4.66. The van der Waals surface area contributed by atoms with E-state index in [0.717, 1.165) is 10.6 Å². The number of carbonyl (C=O) groups excluding carboxylic acids is 1. The van der Waals surface area contributed by atoms with E-state index in [-0.39, 0.29) is 5.91 Å². The molecule has 1 amide bonds. The van der Waals surface area contributed by atoms with E-state index in [4.69, 9.17) is 0 Å². The molecule has 0 radical (unpaired) electrons. The summed E-state index contributed by atoms with van der Waals surface area (Å²) in [6, 6.07) is 7.75. The monoisotopic (exact) mass is 280 g/mol. The molecule has 1 heterocycles. The summed E-state index contributed by atoms with van der Waals surface area (Å²) in [6.45, 7) is 0. The quantitative estimate of drug-likeness (QED) is 0.850. The lowest BCUT2D eigenvalue weighted by molar-refractivity contribution is -0.113. The summed E-state index contributed by atoms with van der Waals surface area (Å²) in [5.74, 6) is 0.237. The first-order valence-corrected chi connectivity index (χ1v) is 7.38. The number of carbonyl (C=O) groups is 1. The number of aromatic nitrogens is 3. The van der Waals surface area contributed by atoms with Gasteiger partial charge in [-0.25, -0.2) is 0 Å². The summed E-state index contributed by atoms with van der Waals surface area (Å²) in [6.07, 6.45) is 5.28. The molecule has 94 valence electrons. The highest BCUT2D eigenvalue weighted by Gasteiger charge is 2.04. The molecule has 1 N–H and O–H groups in total. The smallest absolute Gasteiger partial charge is 0.236 e. The summed E-state index contributed by atoms with van der Waals surface area (Å²) < 4.78 is 1.55. The first kappa shape index (κ1) is 13.0. The number of amides is 1. The third-order valence-corrected chi connectivity index (χ3v) is 3.66. The number of nitrogens with zero attached hydrogens (tertiary/aromatic N) is 3. The molecule has 1 aromatic carbocycles. The minimum Gasteiger partial charge on any atom is -0.325 e. The van der Waals surface area contributed by atoms with Crippen LogP contribution in [0.5, 0.6) is 0 Å². The highest BCUT2D eigenvalue weighted by molar-refractivity contribution is 7.98. The number of thioether (sulfide) groups is 1. The molecule has 7 heteroatoms. The van der Waals surface area contributed by atoms with Gasteiger partial charge >= 0.3 is 0 Å². The van der Waals surface area contributed by atoms with E-state index >= 15 is 0 Å². The third-order valence-electron chi connectivity index (χ3n) is 2.08. The van der Waals surface area contributed by atoms with Crippen LogP contribution in [0.15, 0.2) is 41.6 Å². The van der Waals surface area contributed by atoms with Gasteiger partial charge in [0.2, 0.25) is 5.91 Å². The Morgan fingerprint density at radius 1 is 1.50 bits per heavy atom. The fourth-order valence-corrected chi connectivity index (χ4v) is 2.30. The maximum absolute atomic E-state index is 11.7. The van der Waals surface area contributed by atoms with Gasteiger partial charge in [-0.2, -0.15) is 4.09 Å². The first-order chi connectivity index (χ1) is 8.78. The standard InChI is InChI=1S/C11H12N4OS2/c1-17-10-4-2-3-9(7-10)13-11(16)8-18-15-6-5-12-14-15/h2-7H,8H2,1H3,(H,13,16). The van der Waals surface area contributed by atoms with Crippen LogP contribution in [0.4, 0.5) is 5.69 Å². The van der Waals surface area contributed by atoms with Crippen molar-refractivity contribution in [1.29, 1.82) is 0 Å². The predicted molar refractivity (Wildman–Crippen MR) is 74.7 cm³/mol. The second-order valence-corrected chi connectivity index (χ2v) is 5.16. The van der Waals surface area contributed by atoms with Crippen molar-refractivity contribution < 1.29 is 4.79 Å². The Morgan fingerprint density at radius 2 is 2.39 bits per heavy atom. The first-order valence-electron chi connectivity index (χ1n) is 5.21. The van der Waals surface area contributed by atoms with Gasteiger partial charge in [0, 0.05) is 10.6 Å². The molecular formula is C11H12N4OS2. The fraction of sp³-hybridized carbons (Fsp3) is 0.182. The van der Waals surface area contributed by atoms with Crippen molar-refractivity contribution in [2.75, 3.05) is 17.3 Å². The summed E-state index contributed by atoms with van der Waals surface area (Å²) in [5.41, 5.74) is 0.811. The van der Waals surface area contributed by atoms with Gasteiger partial charge in [0.15, 0.2) is 0 Å². The Balaban J connectivity index is 1.86. The van der Waals surface area contributed by atoms with Crippen LogP contribution in [0.25, 0.3) is 0 Å². The molecule has 0 fully saturated rings. The average molecular weight is 280 g/mol. The van der Waals surface area contributed by atoms with Crippen LogP contribution >= 0.6 is 23.7 Å². The summed E-state index contributed by atoms with van der Waals surface area (Å²) in [7, 11) is 0. The number of nitrogens with one attached hydrogen (secondary N) is 1. The van der Waals surface area contributed by atoms with Crippen LogP contribution in [0.3, 0.4) is 0 Å². The van der Waals surface area contributed by atoms with Crippen LogP contribution in [-0.4, -0.2) is 32.3 Å². The van der Waals surface area contributed by atoms with Crippen LogP contribution in [0.2, 0.25) is 0 Å². The molecule has 0 unspecified atom stereocenters. The van der Waals surface area contributed by atoms with Crippen LogP contribution in [0, 0.1) is 0 Å². The van der Waals surface area contributed by atoms with Gasteiger partial charge in [-0.05, 0) is 36.4 Å². The van der Waals surface area contributed by atoms with E-state index in [1.54, 1.807) is 28.2 Å². The zero-order valence-electron chi connectivity index (χ0n) is 9.74. The molecule has 1 aromatic heterocycles. The SMILES string of the molecule is CSc1cccc(NC(=O)CSn2ccnn2)c1. The lowest BCUT2D eigenvalue weighted by atomic mass is 10.3. The molecule has 0 spiro atoms. The molecular weight excluding hydrogens is 268 g/mol. The molecule has 2 rings (SSSR count). The summed E-state index contributed by atoms with van der Waals surface area (Å²) >= 11 is 2.93. The van der Waals surface area contributed by atoms with Gasteiger partial charge in [0.25, 0.3) is 0 Å². The van der Waals surface area contributed by atoms with Crippen molar-refractivity contribution in [3.8, 4) is 0 Å². The van der Waals surface area contributed by atoms with E-state index in [1.165, 1.54) is 11.9 Å². The molecule has 0 saturated carbocycles. The molecule has 0 bridgehead atoms. The molecule has 0 aliphatic carbocycles. The minimum atomic E-state index is -0.0613. The number of hydrogen-bond donors (Lipinski definition) is 1. The summed E-state index contributed by atoms with van der Waals surface area (Å²) in [4.78, 5) is 12.8. The lowest BCUT2D eigenvalue weighted by Crippen LogP contribution is -2.15. The largest absolute Gasteiger partial charge is 0.325 e. The average Bonchev–Trinajstić information content (AvgIpc) is 2.90. The number of rotatable bonds is 5. The topological polar surface area (TPSA) is 59.8 Å². The second-order valence-electron chi connectivity index (χ2n) is 3.36. The molecule has 18 heavy (non-hydrogen) atoms. The molecule has 5 nitrogen and oxygen atoms in total. The number of anilines is 1. The van der Waals surface area contributed by atoms with Gasteiger partial charge in [-0.15, -0.1) is 16.9 Å². The van der Waals surface area contributed by atoms with Gasteiger partial charge < -0.3 is 5.32 Å². The molecule has 0 atom stereocenters. The van der Waals surface area contributed by atoms with Crippen LogP contribution < -0.4 is 5.32 Å². The predicted octanol–water partition coefficient (Wildman–Crippen LogP) is 2.13. The van der Waals surface area contributed by atoms with Crippen molar-refractivity contribution in [1.82, 2.24) is 14.4 Å². The summed E-state index contributed by atoms with van der Waals surface area (Å²) in [5, 5.41) is 10.3. The second kappa shape index (κ2) is 6.46. The van der Waals surface area contributed by atoms with Gasteiger partial charge in [-0.1, -0.05) is 11.3 Å². The third kappa shape index (κ3) is 3.78. The Bertz CT molecular complexity index is 516. The van der Waals surface area contributed by atoms with E-state index in [9.17, 15) is 4.79 Å². The van der Waals surface area contributed by atoms with Gasteiger partial charge in [0.1, 0.15) is 0 Å². The van der Waals surface area contributed by atoms with Crippen molar-refractivity contribution in [2.45, 2.75) is 4.90 Å². The highest BCUT2D eigenvalue weighted by atomic mass is 32.2. The van der Waals surface area contributed by atoms with Crippen LogP contribution in [0.1, 0.15) is 0 Å². The van der Waals surface area contributed by atoms with Crippen LogP contribution in [-0.2, 0) is 4.79 Å². The molecule has 0 aliphatic heterocycles. The van der Waals surface area contributed by atoms with E-state index in [2.05, 4.69) is 15.6 Å². The van der Waals surface area contributed by atoms with E-state index < -0.39 is 0 Å².